The number of benzene rings is 2. The quantitative estimate of drug-likeness (QED) is 0.0436. The molecule has 2 aromatic rings. The van der Waals surface area contributed by atoms with Crippen LogP contribution in [0.15, 0.2) is 77.9 Å². The Kier molecular flexibility index (Phi) is 16.0. The van der Waals surface area contributed by atoms with E-state index in [4.69, 9.17) is 4.43 Å². The molecule has 1 N–H and O–H groups in total. The molecule has 2 aromatic carbocycles. The fourth-order valence-electron chi connectivity index (χ4n) is 5.57. The topological polar surface area (TPSA) is 78.2 Å². The Labute approximate surface area is 244 Å². The zero-order chi connectivity index (χ0) is 29.1. The van der Waals surface area contributed by atoms with Crippen LogP contribution in [0.2, 0.25) is 5.04 Å². The first-order valence-electron chi connectivity index (χ1n) is 15.5. The molecule has 0 saturated carbocycles. The van der Waals surface area contributed by atoms with Crippen molar-refractivity contribution < 1.29 is 9.53 Å². The summed E-state index contributed by atoms with van der Waals surface area (Å²) in [7, 11) is -2.87. The van der Waals surface area contributed by atoms with Crippen molar-refractivity contribution in [1.82, 2.24) is 0 Å². The molecule has 2 atom stereocenters. The van der Waals surface area contributed by atoms with Crippen LogP contribution in [0.25, 0.3) is 10.4 Å². The first-order chi connectivity index (χ1) is 19.4. The van der Waals surface area contributed by atoms with Crippen LogP contribution in [0.5, 0.6) is 0 Å². The van der Waals surface area contributed by atoms with Crippen LogP contribution in [0.4, 0.5) is 0 Å². The van der Waals surface area contributed by atoms with E-state index in [2.05, 4.69) is 92.3 Å². The highest BCUT2D eigenvalue weighted by Crippen LogP contribution is 2.38. The molecular weight excluding hydrogens is 510 g/mol. The third-order valence-corrected chi connectivity index (χ3v) is 12.8. The van der Waals surface area contributed by atoms with Gasteiger partial charge in [0.1, 0.15) is 0 Å². The summed E-state index contributed by atoms with van der Waals surface area (Å²) in [6.45, 7) is 8.69. The predicted molar refractivity (Wildman–Crippen MR) is 173 cm³/mol. The molecule has 0 amide bonds. The van der Waals surface area contributed by atoms with Gasteiger partial charge in [-0.1, -0.05) is 170 Å². The summed E-state index contributed by atoms with van der Waals surface area (Å²) in [5, 5.41) is 16.3. The highest BCUT2D eigenvalue weighted by atomic mass is 28.4. The molecule has 40 heavy (non-hydrogen) atoms. The molecule has 0 aliphatic carbocycles. The van der Waals surface area contributed by atoms with E-state index in [1.165, 1.54) is 64.2 Å². The Hall–Kier alpha value is -2.37. The highest BCUT2D eigenvalue weighted by Gasteiger charge is 2.51. The second kappa shape index (κ2) is 18.9. The van der Waals surface area contributed by atoms with E-state index >= 15 is 0 Å². The molecule has 0 aromatic heterocycles. The number of rotatable bonds is 20. The van der Waals surface area contributed by atoms with E-state index in [0.29, 0.717) is 0 Å². The van der Waals surface area contributed by atoms with Crippen molar-refractivity contribution in [3.63, 3.8) is 0 Å². The van der Waals surface area contributed by atoms with Crippen molar-refractivity contribution in [3.8, 4) is 0 Å². The van der Waals surface area contributed by atoms with Gasteiger partial charge in [0, 0.05) is 4.91 Å². The van der Waals surface area contributed by atoms with Crippen LogP contribution < -0.4 is 10.4 Å². The minimum Gasteiger partial charge on any atom is -0.401 e. The largest absolute Gasteiger partial charge is 0.401 e. The lowest BCUT2D eigenvalue weighted by molar-refractivity contribution is 0.153. The van der Waals surface area contributed by atoms with Crippen molar-refractivity contribution in [2.45, 2.75) is 122 Å². The summed E-state index contributed by atoms with van der Waals surface area (Å²) in [6, 6.07) is 20.2. The van der Waals surface area contributed by atoms with E-state index in [9.17, 15) is 10.6 Å². The Bertz CT molecular complexity index is 961. The minimum absolute atomic E-state index is 0.214. The summed E-state index contributed by atoms with van der Waals surface area (Å²) in [4.78, 5) is 3.05. The Balaban J connectivity index is 2.13. The smallest absolute Gasteiger partial charge is 0.261 e. The van der Waals surface area contributed by atoms with Crippen molar-refractivity contribution in [2.75, 3.05) is 6.61 Å². The number of hydrogen-bond acceptors (Lipinski definition) is 3. The van der Waals surface area contributed by atoms with Crippen molar-refractivity contribution in [1.29, 1.82) is 0 Å². The number of aliphatic hydroxyl groups is 1. The molecule has 0 saturated heterocycles. The molecule has 0 aliphatic heterocycles. The van der Waals surface area contributed by atoms with Crippen molar-refractivity contribution >= 4 is 18.7 Å². The minimum atomic E-state index is -2.87. The summed E-state index contributed by atoms with van der Waals surface area (Å²) in [6.07, 6.45) is 19.1. The molecule has 2 rings (SSSR count). The van der Waals surface area contributed by atoms with Crippen LogP contribution in [-0.4, -0.2) is 32.2 Å². The third kappa shape index (κ3) is 10.6. The summed E-state index contributed by atoms with van der Waals surface area (Å²) in [5.74, 6) is 0. The number of nitrogens with zero attached hydrogens (tertiary/aromatic N) is 3. The molecule has 0 spiro atoms. The third-order valence-electron chi connectivity index (χ3n) is 7.80. The average molecular weight is 564 g/mol. The van der Waals surface area contributed by atoms with Gasteiger partial charge in [-0.25, -0.2) is 0 Å². The lowest BCUT2D eigenvalue weighted by Crippen LogP contribution is -2.68. The first kappa shape index (κ1) is 33.8. The standard InChI is InChI=1S/C34H53N3O2Si/c1-5-6-7-8-9-10-11-12-13-14-15-16-23-28-33(32(29-38)36-37-35)39-40(34(2,3)4,30-24-19-17-20-25-30)31-26-21-18-22-27-31/h17-28,32-33,38H,5-16,29H2,1-4H3/b28-23+/t32-,33-/m0/s1. The zero-order valence-electron chi connectivity index (χ0n) is 25.5. The summed E-state index contributed by atoms with van der Waals surface area (Å²) in [5.41, 5.74) is 9.27. The molecule has 0 bridgehead atoms. The molecule has 0 radical (unpaired) electrons. The average Bonchev–Trinajstić information content (AvgIpc) is 2.96. The Morgan fingerprint density at radius 3 is 1.73 bits per heavy atom. The number of aliphatic hydroxyl groups excluding tert-OH is 1. The van der Waals surface area contributed by atoms with E-state index in [1.54, 1.807) is 0 Å². The van der Waals surface area contributed by atoms with Gasteiger partial charge in [-0.3, -0.25) is 0 Å². The maximum atomic E-state index is 10.2. The van der Waals surface area contributed by atoms with Crippen LogP contribution in [-0.2, 0) is 4.43 Å². The number of hydrogen-bond donors (Lipinski definition) is 1. The maximum Gasteiger partial charge on any atom is 0.261 e. The molecule has 0 heterocycles. The molecule has 0 fully saturated rings. The normalized spacial score (nSPS) is 13.7. The lowest BCUT2D eigenvalue weighted by Gasteiger charge is -2.45. The van der Waals surface area contributed by atoms with E-state index in [1.807, 2.05) is 18.2 Å². The summed E-state index contributed by atoms with van der Waals surface area (Å²) >= 11 is 0. The molecule has 6 heteroatoms. The van der Waals surface area contributed by atoms with Gasteiger partial charge in [-0.05, 0) is 33.8 Å². The summed E-state index contributed by atoms with van der Waals surface area (Å²) < 4.78 is 7.21. The van der Waals surface area contributed by atoms with Crippen molar-refractivity contribution in [3.05, 3.63) is 83.3 Å². The zero-order valence-corrected chi connectivity index (χ0v) is 26.5. The predicted octanol–water partition coefficient (Wildman–Crippen LogP) is 8.86. The van der Waals surface area contributed by atoms with Gasteiger partial charge in [0.15, 0.2) is 0 Å². The maximum absolute atomic E-state index is 10.2. The molecule has 5 nitrogen and oxygen atoms in total. The SMILES string of the molecule is CCCCCCCCCCCCC/C=C/[C@H](O[Si](c1ccccc1)(c1ccccc1)C(C)(C)C)[C@H](CO)N=[N+]=[N-]. The Morgan fingerprint density at radius 1 is 0.825 bits per heavy atom. The molecule has 220 valence electrons. The van der Waals surface area contributed by atoms with Gasteiger partial charge < -0.3 is 9.53 Å². The number of unbranched alkanes of at least 4 members (excludes halogenated alkanes) is 11. The van der Waals surface area contributed by atoms with Gasteiger partial charge in [0.2, 0.25) is 0 Å². The molecular formula is C34H53N3O2Si. The molecule has 0 unspecified atom stereocenters. The van der Waals surface area contributed by atoms with Gasteiger partial charge in [-0.15, -0.1) is 0 Å². The first-order valence-corrected chi connectivity index (χ1v) is 17.4. The van der Waals surface area contributed by atoms with Gasteiger partial charge in [0.25, 0.3) is 8.32 Å². The number of allylic oxidation sites excluding steroid dienone is 1. The highest BCUT2D eigenvalue weighted by molar-refractivity contribution is 6.99. The van der Waals surface area contributed by atoms with Crippen LogP contribution >= 0.6 is 0 Å². The second-order valence-corrected chi connectivity index (χ2v) is 16.2. The number of azide groups is 1. The lowest BCUT2D eigenvalue weighted by atomic mass is 10.0. The fourth-order valence-corrected chi connectivity index (χ4v) is 10.2. The second-order valence-electron chi connectivity index (χ2n) is 12.0. The van der Waals surface area contributed by atoms with E-state index in [0.717, 1.165) is 23.2 Å². The fraction of sp³-hybridized carbons (Fsp3) is 0.588. The van der Waals surface area contributed by atoms with E-state index in [-0.39, 0.29) is 11.6 Å². The Morgan fingerprint density at radius 2 is 1.30 bits per heavy atom. The molecule has 0 aliphatic rings. The monoisotopic (exact) mass is 563 g/mol. The van der Waals surface area contributed by atoms with E-state index < -0.39 is 20.5 Å². The van der Waals surface area contributed by atoms with Crippen molar-refractivity contribution in [2.24, 2.45) is 5.11 Å². The van der Waals surface area contributed by atoms with Gasteiger partial charge >= 0.3 is 0 Å². The van der Waals surface area contributed by atoms with Crippen LogP contribution in [0.3, 0.4) is 0 Å². The van der Waals surface area contributed by atoms with Gasteiger partial charge in [-0.2, -0.15) is 0 Å². The van der Waals surface area contributed by atoms with Crippen LogP contribution in [0.1, 0.15) is 105 Å². The van der Waals surface area contributed by atoms with Gasteiger partial charge in [0.05, 0.1) is 18.8 Å². The van der Waals surface area contributed by atoms with Crippen LogP contribution in [0, 0.1) is 0 Å².